The van der Waals surface area contributed by atoms with Crippen molar-refractivity contribution in [2.45, 2.75) is 25.8 Å². The molecule has 0 saturated carbocycles. The number of benzene rings is 1. The highest BCUT2D eigenvalue weighted by Gasteiger charge is 2.42. The van der Waals surface area contributed by atoms with Gasteiger partial charge in [-0.2, -0.15) is 0 Å². The van der Waals surface area contributed by atoms with Gasteiger partial charge in [0.15, 0.2) is 5.17 Å². The first-order valence-electron chi connectivity index (χ1n) is 11.4. The van der Waals surface area contributed by atoms with Crippen molar-refractivity contribution in [2.24, 2.45) is 4.99 Å². The zero-order chi connectivity index (χ0) is 24.1. The maximum Gasteiger partial charge on any atom is 0.338 e. The first-order valence-corrected chi connectivity index (χ1v) is 12.3. The summed E-state index contributed by atoms with van der Waals surface area (Å²) in [6, 6.07) is 5.60. The fraction of sp³-hybridized carbons (Fsp3) is 0.458. The van der Waals surface area contributed by atoms with Crippen molar-refractivity contribution in [3.05, 3.63) is 58.0 Å². The number of halogens is 1. The highest BCUT2D eigenvalue weighted by atomic mass is 32.2. The summed E-state index contributed by atoms with van der Waals surface area (Å²) in [5.41, 5.74) is 1.85. The molecule has 34 heavy (non-hydrogen) atoms. The zero-order valence-corrected chi connectivity index (χ0v) is 20.2. The number of fused-ring (bicyclic) bond motifs is 1. The Morgan fingerprint density at radius 2 is 2.06 bits per heavy atom. The first-order chi connectivity index (χ1) is 16.5. The molecule has 4 rings (SSSR count). The van der Waals surface area contributed by atoms with Crippen molar-refractivity contribution in [2.75, 3.05) is 46.5 Å². The molecule has 1 N–H and O–H groups in total. The SMILES string of the molecule is CCC1=C(C(=O)OC)[C@@H](c2ccccc2F)N2C(CC(=O)NCCN3CCOCC3)=CSC2=N1. The summed E-state index contributed by atoms with van der Waals surface area (Å²) in [4.78, 5) is 34.3. The summed E-state index contributed by atoms with van der Waals surface area (Å²) in [6.45, 7) is 6.32. The minimum absolute atomic E-state index is 0.0932. The Bertz CT molecular complexity index is 1040. The maximum atomic E-state index is 15.0. The second-order valence-corrected chi connectivity index (χ2v) is 8.94. The van der Waals surface area contributed by atoms with Crippen LogP contribution < -0.4 is 5.32 Å². The monoisotopic (exact) mass is 488 g/mol. The number of amidine groups is 1. The molecule has 1 aromatic rings. The van der Waals surface area contributed by atoms with Gasteiger partial charge in [-0.25, -0.2) is 14.2 Å². The maximum absolute atomic E-state index is 15.0. The molecule has 0 aliphatic carbocycles. The van der Waals surface area contributed by atoms with Crippen LogP contribution in [0.4, 0.5) is 4.39 Å². The highest BCUT2D eigenvalue weighted by Crippen LogP contribution is 2.45. The van der Waals surface area contributed by atoms with Crippen LogP contribution in [0.25, 0.3) is 0 Å². The molecule has 0 spiro atoms. The fourth-order valence-corrected chi connectivity index (χ4v) is 5.25. The van der Waals surface area contributed by atoms with Gasteiger partial charge in [0, 0.05) is 37.4 Å². The number of hydrogen-bond donors (Lipinski definition) is 1. The number of hydrogen-bond acceptors (Lipinski definition) is 8. The van der Waals surface area contributed by atoms with E-state index in [-0.39, 0.29) is 12.3 Å². The molecule has 1 fully saturated rings. The molecule has 182 valence electrons. The Kier molecular flexibility index (Phi) is 8.02. The molecule has 1 atom stereocenters. The largest absolute Gasteiger partial charge is 0.466 e. The number of esters is 1. The van der Waals surface area contributed by atoms with Gasteiger partial charge in [-0.1, -0.05) is 36.9 Å². The third-order valence-electron chi connectivity index (χ3n) is 6.02. The Labute approximate surface area is 202 Å². The number of aliphatic imine (C=N–C) groups is 1. The van der Waals surface area contributed by atoms with E-state index < -0.39 is 17.8 Å². The van der Waals surface area contributed by atoms with Crippen LogP contribution in [0.15, 0.2) is 51.6 Å². The van der Waals surface area contributed by atoms with E-state index in [0.717, 1.165) is 19.6 Å². The second kappa shape index (κ2) is 11.2. The van der Waals surface area contributed by atoms with Gasteiger partial charge < -0.3 is 19.7 Å². The van der Waals surface area contributed by atoms with E-state index in [1.54, 1.807) is 23.1 Å². The number of nitrogens with one attached hydrogen (secondary N) is 1. The van der Waals surface area contributed by atoms with Crippen molar-refractivity contribution < 1.29 is 23.5 Å². The number of nitrogens with zero attached hydrogens (tertiary/aromatic N) is 3. The molecule has 1 amide bonds. The van der Waals surface area contributed by atoms with Crippen molar-refractivity contribution >= 4 is 28.8 Å². The summed E-state index contributed by atoms with van der Waals surface area (Å²) in [7, 11) is 1.30. The lowest BCUT2D eigenvalue weighted by Crippen LogP contribution is -2.42. The quantitative estimate of drug-likeness (QED) is 0.564. The number of morpholine rings is 1. The number of ether oxygens (including phenoxy) is 2. The van der Waals surface area contributed by atoms with Gasteiger partial charge in [0.2, 0.25) is 5.91 Å². The number of thioether (sulfide) groups is 1. The summed E-state index contributed by atoms with van der Waals surface area (Å²) in [5.74, 6) is -1.13. The molecular weight excluding hydrogens is 459 g/mol. The van der Waals surface area contributed by atoms with E-state index >= 15 is 0 Å². The van der Waals surface area contributed by atoms with E-state index in [1.165, 1.54) is 24.9 Å². The van der Waals surface area contributed by atoms with E-state index in [2.05, 4.69) is 15.2 Å². The first kappa shape index (κ1) is 24.4. The van der Waals surface area contributed by atoms with Crippen molar-refractivity contribution in [3.63, 3.8) is 0 Å². The zero-order valence-electron chi connectivity index (χ0n) is 19.4. The average Bonchev–Trinajstić information content (AvgIpc) is 3.25. The summed E-state index contributed by atoms with van der Waals surface area (Å²) >= 11 is 1.37. The lowest BCUT2D eigenvalue weighted by molar-refractivity contribution is -0.136. The van der Waals surface area contributed by atoms with Gasteiger partial charge in [-0.15, -0.1) is 0 Å². The van der Waals surface area contributed by atoms with Gasteiger partial charge in [0.25, 0.3) is 0 Å². The molecule has 3 aliphatic rings. The number of amides is 1. The lowest BCUT2D eigenvalue weighted by Gasteiger charge is -2.36. The van der Waals surface area contributed by atoms with Gasteiger partial charge in [0.05, 0.1) is 44.1 Å². The van der Waals surface area contributed by atoms with Crippen LogP contribution in [0, 0.1) is 5.82 Å². The minimum Gasteiger partial charge on any atom is -0.466 e. The summed E-state index contributed by atoms with van der Waals surface area (Å²) in [5, 5.41) is 5.44. The average molecular weight is 489 g/mol. The van der Waals surface area contributed by atoms with E-state index in [0.29, 0.717) is 53.9 Å². The molecule has 10 heteroatoms. The standard InChI is InChI=1S/C24H29FN4O4S/c1-3-19-21(23(31)32-2)22(17-6-4-5-7-18(17)25)29-16(15-34-24(29)27-19)14-20(30)26-8-9-28-10-12-33-13-11-28/h4-7,15,22H,3,8-14H2,1-2H3,(H,26,30)/t22-/m1/s1. The normalized spacial score (nSPS) is 20.6. The Morgan fingerprint density at radius 3 is 2.76 bits per heavy atom. The van der Waals surface area contributed by atoms with Crippen molar-refractivity contribution in [1.82, 2.24) is 15.1 Å². The van der Waals surface area contributed by atoms with Crippen LogP contribution in [0.5, 0.6) is 0 Å². The lowest BCUT2D eigenvalue weighted by atomic mass is 9.92. The van der Waals surface area contributed by atoms with E-state index in [1.807, 2.05) is 12.3 Å². The predicted octanol–water partition coefficient (Wildman–Crippen LogP) is 2.80. The molecule has 3 aliphatic heterocycles. The number of methoxy groups -OCH3 is 1. The van der Waals surface area contributed by atoms with Crippen LogP contribution >= 0.6 is 11.8 Å². The van der Waals surface area contributed by atoms with Crippen molar-refractivity contribution in [1.29, 1.82) is 0 Å². The van der Waals surface area contributed by atoms with Crippen LogP contribution in [0.2, 0.25) is 0 Å². The van der Waals surface area contributed by atoms with E-state index in [4.69, 9.17) is 9.47 Å². The number of carbonyl (C=O) groups is 2. The van der Waals surface area contributed by atoms with Gasteiger partial charge >= 0.3 is 5.97 Å². The Hall–Kier alpha value is -2.69. The smallest absolute Gasteiger partial charge is 0.338 e. The van der Waals surface area contributed by atoms with Gasteiger partial charge in [-0.05, 0) is 17.9 Å². The number of rotatable bonds is 8. The van der Waals surface area contributed by atoms with Crippen LogP contribution in [-0.2, 0) is 19.1 Å². The van der Waals surface area contributed by atoms with Crippen LogP contribution in [0.3, 0.4) is 0 Å². The molecule has 0 bridgehead atoms. The third-order valence-corrected chi connectivity index (χ3v) is 6.91. The van der Waals surface area contributed by atoms with E-state index in [9.17, 15) is 14.0 Å². The van der Waals surface area contributed by atoms with Crippen LogP contribution in [-0.4, -0.2) is 73.3 Å². The van der Waals surface area contributed by atoms with Gasteiger partial charge in [0.1, 0.15) is 5.82 Å². The number of allylic oxidation sites excluding steroid dienone is 1. The predicted molar refractivity (Wildman–Crippen MR) is 128 cm³/mol. The summed E-state index contributed by atoms with van der Waals surface area (Å²) < 4.78 is 25.4. The molecular formula is C24H29FN4O4S. The molecule has 1 aromatic carbocycles. The Balaban J connectivity index is 1.55. The highest BCUT2D eigenvalue weighted by molar-refractivity contribution is 8.16. The molecule has 1 saturated heterocycles. The molecule has 0 radical (unpaired) electrons. The molecule has 0 aromatic heterocycles. The van der Waals surface area contributed by atoms with Crippen molar-refractivity contribution in [3.8, 4) is 0 Å². The molecule has 0 unspecified atom stereocenters. The minimum atomic E-state index is -0.765. The molecule has 3 heterocycles. The second-order valence-electron chi connectivity index (χ2n) is 8.10. The third kappa shape index (κ3) is 5.18. The topological polar surface area (TPSA) is 83.5 Å². The number of carbonyl (C=O) groups excluding carboxylic acids is 2. The summed E-state index contributed by atoms with van der Waals surface area (Å²) in [6.07, 6.45) is 0.584. The fourth-order valence-electron chi connectivity index (χ4n) is 4.31. The Morgan fingerprint density at radius 1 is 1.29 bits per heavy atom. The van der Waals surface area contributed by atoms with Crippen LogP contribution in [0.1, 0.15) is 31.4 Å². The molecule has 8 nitrogen and oxygen atoms in total. The van der Waals surface area contributed by atoms with Gasteiger partial charge in [-0.3, -0.25) is 9.69 Å².